The second-order valence-electron chi connectivity index (χ2n) is 28.7. The van der Waals surface area contributed by atoms with Crippen LogP contribution >= 0.6 is 0 Å². The maximum Gasteiger partial charge on any atom is 0.226 e. The molecule has 0 aliphatic heterocycles. The molecule has 0 amide bonds. The van der Waals surface area contributed by atoms with E-state index in [1.165, 1.54) is 55.4 Å². The van der Waals surface area contributed by atoms with Crippen LogP contribution in [0, 0.1) is 6.92 Å². The topological polar surface area (TPSA) is 118 Å². The second kappa shape index (κ2) is 36.6. The third-order valence-electron chi connectivity index (χ3n) is 15.2. The lowest BCUT2D eigenvalue weighted by Gasteiger charge is -2.22. The van der Waals surface area contributed by atoms with Gasteiger partial charge in [-0.2, -0.15) is 10.2 Å². The molecule has 5 aromatic heterocycles. The molecule has 516 valence electrons. The van der Waals surface area contributed by atoms with Crippen LogP contribution in [0.3, 0.4) is 0 Å². The smallest absolute Gasteiger partial charge is 0.226 e. The van der Waals surface area contributed by atoms with E-state index in [1.807, 2.05) is 52.2 Å². The number of nitrogens with zero attached hydrogens (tertiary/aromatic N) is 9. The normalized spacial score (nSPS) is 11.0. The molecule has 0 aliphatic carbocycles. The van der Waals surface area contributed by atoms with Crippen molar-refractivity contribution in [3.8, 4) is 40.0 Å². The number of aromatic nitrogens is 9. The standard InChI is InChI=1S/C14H17NO.C14H16.2C13H16N2.C13H15NO.C12H15N3.6CH4/c1-10-11(13-15-8-9-16-13)6-5-7-12(10)14(2,3)4;1-14(2,3)13-10-6-8-11-7-4-5-9-12(11)13;1-13(2,3)11-6-4-7-12(10-11)15-9-5-8-14-15;1-13(2,3)11-5-4-6-12(9-11)15-8-7-14-10-15;1-13(2,3)11-6-4-5-10(9-11)12-14-7-8-15-12;1-12(2,3)10-5-4-6-11(7-10)15-9-13-8-14-15;;;;;;/h5-9H,1-4H3;4-10H,1-3H3;2*4-10H,1-3H3;2*4-9H,1-3H3;6*1H4. The van der Waals surface area contributed by atoms with Crippen molar-refractivity contribution in [3.63, 3.8) is 0 Å². The van der Waals surface area contributed by atoms with Gasteiger partial charge in [0.05, 0.1) is 30.1 Å². The summed E-state index contributed by atoms with van der Waals surface area (Å²) in [5, 5.41) is 11.1. The summed E-state index contributed by atoms with van der Waals surface area (Å²) < 4.78 is 16.3. The Morgan fingerprint density at radius 1 is 0.354 bits per heavy atom. The minimum absolute atomic E-state index is 0. The zero-order chi connectivity index (χ0) is 65.5. The molecule has 0 bridgehead atoms. The van der Waals surface area contributed by atoms with Gasteiger partial charge in [0, 0.05) is 41.6 Å². The fraction of sp³-hybridized carbons (Fsp3) is 0.365. The van der Waals surface area contributed by atoms with Crippen molar-refractivity contribution >= 4 is 10.8 Å². The molecule has 0 unspecified atom stereocenters. The Morgan fingerprint density at radius 2 is 0.812 bits per heavy atom. The average molecular weight is 1300 g/mol. The zero-order valence-electron chi connectivity index (χ0n) is 56.8. The van der Waals surface area contributed by atoms with Crippen LogP contribution in [0.2, 0.25) is 0 Å². The first-order chi connectivity index (χ1) is 42.4. The highest BCUT2D eigenvalue weighted by atomic mass is 16.3. The molecule has 0 radical (unpaired) electrons. The van der Waals surface area contributed by atoms with E-state index in [0.717, 1.165) is 22.5 Å². The van der Waals surface area contributed by atoms with Crippen molar-refractivity contribution < 1.29 is 8.83 Å². The van der Waals surface area contributed by atoms with Crippen molar-refractivity contribution in [2.24, 2.45) is 0 Å². The van der Waals surface area contributed by atoms with Crippen LogP contribution in [-0.4, -0.2) is 44.1 Å². The number of hydrogen-bond donors (Lipinski definition) is 0. The van der Waals surface area contributed by atoms with Gasteiger partial charge < -0.3 is 13.4 Å². The molecule has 0 fully saturated rings. The fourth-order valence-corrected chi connectivity index (χ4v) is 9.94. The van der Waals surface area contributed by atoms with Crippen LogP contribution in [0.15, 0.2) is 241 Å². The van der Waals surface area contributed by atoms with Crippen LogP contribution in [0.1, 0.15) is 208 Å². The summed E-state index contributed by atoms with van der Waals surface area (Å²) in [6.07, 6.45) is 19.1. The Balaban J connectivity index is 0.000000569. The number of hydrogen-bond acceptors (Lipinski definition) is 8. The van der Waals surface area contributed by atoms with Gasteiger partial charge in [-0.25, -0.2) is 29.3 Å². The molecule has 0 aliphatic rings. The lowest BCUT2D eigenvalue weighted by molar-refractivity contribution is 0.569. The Bertz CT molecular complexity index is 3700. The van der Waals surface area contributed by atoms with Gasteiger partial charge in [0.1, 0.15) is 25.2 Å². The summed E-state index contributed by atoms with van der Waals surface area (Å²) in [5.74, 6) is 1.38. The number of rotatable bonds is 5. The van der Waals surface area contributed by atoms with Gasteiger partial charge in [0.25, 0.3) is 0 Å². The molecule has 12 aromatic rings. The summed E-state index contributed by atoms with van der Waals surface area (Å²) in [5.41, 5.74) is 15.8. The molecule has 0 saturated carbocycles. The maximum atomic E-state index is 5.36. The third kappa shape index (κ3) is 24.2. The number of benzene rings is 7. The monoisotopic (exact) mass is 1300 g/mol. The van der Waals surface area contributed by atoms with E-state index in [0.29, 0.717) is 11.8 Å². The number of imidazole rings is 1. The average Bonchev–Trinajstić information content (AvgIpc) is 1.09. The van der Waals surface area contributed by atoms with Crippen molar-refractivity contribution in [1.29, 1.82) is 0 Å². The highest BCUT2D eigenvalue weighted by Crippen LogP contribution is 2.33. The lowest BCUT2D eigenvalue weighted by Crippen LogP contribution is -2.13. The molecule has 11 heteroatoms. The predicted molar refractivity (Wildman–Crippen MR) is 414 cm³/mol. The van der Waals surface area contributed by atoms with Crippen molar-refractivity contribution in [1.82, 2.24) is 44.1 Å². The minimum atomic E-state index is 0. The predicted octanol–water partition coefficient (Wildman–Crippen LogP) is 24.4. The highest BCUT2D eigenvalue weighted by Gasteiger charge is 2.21. The fourth-order valence-electron chi connectivity index (χ4n) is 9.94. The van der Waals surface area contributed by atoms with Gasteiger partial charge in [-0.1, -0.05) is 272 Å². The first-order valence-electron chi connectivity index (χ1n) is 31.0. The first-order valence-corrected chi connectivity index (χ1v) is 31.0. The van der Waals surface area contributed by atoms with Crippen LogP contribution in [-0.2, 0) is 32.5 Å². The molecule has 0 N–H and O–H groups in total. The van der Waals surface area contributed by atoms with E-state index in [4.69, 9.17) is 8.83 Å². The summed E-state index contributed by atoms with van der Waals surface area (Å²) >= 11 is 0. The van der Waals surface area contributed by atoms with E-state index >= 15 is 0 Å². The van der Waals surface area contributed by atoms with E-state index in [2.05, 4.69) is 301 Å². The Morgan fingerprint density at radius 3 is 1.28 bits per heavy atom. The van der Waals surface area contributed by atoms with Gasteiger partial charge >= 0.3 is 0 Å². The van der Waals surface area contributed by atoms with Gasteiger partial charge in [0.15, 0.2) is 0 Å². The molecule has 11 nitrogen and oxygen atoms in total. The molecular formula is C85H119N9O2. The largest absolute Gasteiger partial charge is 0.445 e. The van der Waals surface area contributed by atoms with Crippen LogP contribution in [0.4, 0.5) is 0 Å². The Hall–Kier alpha value is -9.22. The number of fused-ring (bicyclic) bond motifs is 1. The van der Waals surface area contributed by atoms with E-state index < -0.39 is 0 Å². The molecule has 0 atom stereocenters. The SMILES string of the molecule is C.C.C.C.C.C.CC(C)(C)c1cccc(-c2ncco2)c1.CC(C)(C)c1cccc(-n2cccn2)c1.CC(C)(C)c1cccc(-n2ccnc2)c1.CC(C)(C)c1cccc(-n2cncn2)c1.CC(C)(C)c1cccc2ccccc12.Cc1c(-c2ncco2)cccc1C(C)(C)C. The Labute approximate surface area is 580 Å². The zero-order valence-corrected chi connectivity index (χ0v) is 56.8. The molecule has 5 heterocycles. The minimum Gasteiger partial charge on any atom is -0.445 e. The highest BCUT2D eigenvalue weighted by molar-refractivity contribution is 5.86. The van der Waals surface area contributed by atoms with Crippen molar-refractivity contribution in [3.05, 3.63) is 271 Å². The molecule has 0 spiro atoms. The summed E-state index contributed by atoms with van der Waals surface area (Å²) in [6.45, 7) is 42.1. The number of oxazole rings is 2. The maximum absolute atomic E-state index is 5.36. The third-order valence-corrected chi connectivity index (χ3v) is 15.2. The van der Waals surface area contributed by atoms with Crippen molar-refractivity contribution in [2.45, 2.75) is 209 Å². The first kappa shape index (κ1) is 84.8. The van der Waals surface area contributed by atoms with Gasteiger partial charge in [-0.05, 0) is 150 Å². The second-order valence-corrected chi connectivity index (χ2v) is 28.7. The van der Waals surface area contributed by atoms with Gasteiger partial charge in [-0.15, -0.1) is 0 Å². The van der Waals surface area contributed by atoms with E-state index in [-0.39, 0.29) is 77.0 Å². The molecule has 96 heavy (non-hydrogen) atoms. The van der Waals surface area contributed by atoms with Crippen LogP contribution in [0.5, 0.6) is 0 Å². The molecule has 12 rings (SSSR count). The summed E-state index contributed by atoms with van der Waals surface area (Å²) in [7, 11) is 0. The van der Waals surface area contributed by atoms with E-state index in [1.54, 1.807) is 54.7 Å². The summed E-state index contributed by atoms with van der Waals surface area (Å²) in [4.78, 5) is 16.3. The summed E-state index contributed by atoms with van der Waals surface area (Å²) in [6, 6.07) is 57.1. The van der Waals surface area contributed by atoms with Gasteiger partial charge in [-0.3, -0.25) is 0 Å². The van der Waals surface area contributed by atoms with E-state index in [9.17, 15) is 0 Å². The Kier molecular flexibility index (Phi) is 32.3. The lowest BCUT2D eigenvalue weighted by atomic mass is 9.82. The molecular weight excluding hydrogens is 1180 g/mol. The van der Waals surface area contributed by atoms with Crippen molar-refractivity contribution in [2.75, 3.05) is 0 Å². The molecule has 7 aromatic carbocycles. The molecule has 0 saturated heterocycles. The quantitative estimate of drug-likeness (QED) is 0.167. The van der Waals surface area contributed by atoms with Crippen LogP contribution in [0.25, 0.3) is 50.7 Å². The van der Waals surface area contributed by atoms with Crippen LogP contribution < -0.4 is 0 Å². The van der Waals surface area contributed by atoms with Gasteiger partial charge in [0.2, 0.25) is 11.8 Å².